The summed E-state index contributed by atoms with van der Waals surface area (Å²) >= 11 is 0. The average molecular weight is 420 g/mol. The second-order valence-electron chi connectivity index (χ2n) is 8.37. The minimum Gasteiger partial charge on any atom is -0.494 e. The van der Waals surface area contributed by atoms with E-state index in [2.05, 4.69) is 22.8 Å². The fraction of sp³-hybridized carbons (Fsp3) is 0.462. The second-order valence-corrected chi connectivity index (χ2v) is 8.37. The topological polar surface area (TPSA) is 47.4 Å². The van der Waals surface area contributed by atoms with Crippen LogP contribution in [0.4, 0.5) is 0 Å². The van der Waals surface area contributed by atoms with Gasteiger partial charge in [-0.3, -0.25) is 4.79 Å². The number of rotatable bonds is 9. The lowest BCUT2D eigenvalue weighted by Crippen LogP contribution is -2.30. The van der Waals surface area contributed by atoms with Gasteiger partial charge < -0.3 is 14.2 Å². The van der Waals surface area contributed by atoms with Crippen molar-refractivity contribution >= 4 is 16.9 Å². The van der Waals surface area contributed by atoms with E-state index in [1.54, 1.807) is 0 Å². The van der Waals surface area contributed by atoms with E-state index in [0.717, 1.165) is 47.1 Å². The van der Waals surface area contributed by atoms with Crippen molar-refractivity contribution in [2.75, 3.05) is 19.7 Å². The molecule has 31 heavy (non-hydrogen) atoms. The summed E-state index contributed by atoms with van der Waals surface area (Å²) in [6, 6.07) is 14.3. The van der Waals surface area contributed by atoms with Crippen molar-refractivity contribution in [2.45, 2.75) is 53.0 Å². The summed E-state index contributed by atoms with van der Waals surface area (Å²) in [7, 11) is 0. The fourth-order valence-corrected chi connectivity index (χ4v) is 4.33. The molecule has 1 aliphatic rings. The van der Waals surface area contributed by atoms with Gasteiger partial charge in [0.15, 0.2) is 0 Å². The van der Waals surface area contributed by atoms with Gasteiger partial charge in [0.25, 0.3) is 5.91 Å². The number of hydrogen-bond donors (Lipinski definition) is 0. The number of ether oxygens (including phenoxy) is 1. The van der Waals surface area contributed by atoms with Gasteiger partial charge in [-0.2, -0.15) is 0 Å². The normalized spacial score (nSPS) is 13.9. The zero-order valence-corrected chi connectivity index (χ0v) is 18.9. The first kappa shape index (κ1) is 21.4. The molecule has 4 rings (SSSR count). The Hall–Kier alpha value is -2.82. The molecule has 0 aliphatic heterocycles. The third-order valence-corrected chi connectivity index (χ3v) is 6.39. The van der Waals surface area contributed by atoms with Crippen LogP contribution in [0.2, 0.25) is 0 Å². The molecule has 0 saturated heterocycles. The van der Waals surface area contributed by atoms with E-state index in [0.29, 0.717) is 19.7 Å². The maximum Gasteiger partial charge on any atom is 0.253 e. The van der Waals surface area contributed by atoms with Crippen LogP contribution in [0.15, 0.2) is 42.5 Å². The summed E-state index contributed by atoms with van der Waals surface area (Å²) in [5.74, 6) is 2.77. The molecule has 5 heteroatoms. The van der Waals surface area contributed by atoms with Gasteiger partial charge >= 0.3 is 0 Å². The van der Waals surface area contributed by atoms with E-state index in [1.807, 2.05) is 49.9 Å². The predicted octanol–water partition coefficient (Wildman–Crippen LogP) is 5.31. The third-order valence-electron chi connectivity index (χ3n) is 6.39. The molecule has 0 spiro atoms. The number of aromatic nitrogens is 2. The van der Waals surface area contributed by atoms with Gasteiger partial charge in [-0.15, -0.1) is 0 Å². The molecule has 1 amide bonds. The third kappa shape index (κ3) is 4.60. The molecular formula is C26H33N3O2. The van der Waals surface area contributed by atoms with Crippen LogP contribution in [0.5, 0.6) is 5.75 Å². The van der Waals surface area contributed by atoms with Crippen LogP contribution in [0, 0.1) is 5.92 Å². The van der Waals surface area contributed by atoms with Crippen LogP contribution in [-0.4, -0.2) is 40.1 Å². The first-order chi connectivity index (χ1) is 15.1. The maximum atomic E-state index is 12.8. The van der Waals surface area contributed by atoms with Crippen LogP contribution in [0.1, 0.15) is 61.8 Å². The quantitative estimate of drug-likeness (QED) is 0.472. The molecule has 3 aromatic rings. The largest absolute Gasteiger partial charge is 0.494 e. The second kappa shape index (κ2) is 9.54. The number of carbonyl (C=O) groups excluding carboxylic acids is 1. The fourth-order valence-electron chi connectivity index (χ4n) is 4.33. The van der Waals surface area contributed by atoms with Gasteiger partial charge in [0.2, 0.25) is 0 Å². The van der Waals surface area contributed by atoms with Crippen LogP contribution < -0.4 is 4.74 Å². The van der Waals surface area contributed by atoms with Gasteiger partial charge in [0.05, 0.1) is 17.6 Å². The summed E-state index contributed by atoms with van der Waals surface area (Å²) in [6.45, 7) is 9.14. The van der Waals surface area contributed by atoms with Crippen LogP contribution in [-0.2, 0) is 13.0 Å². The van der Waals surface area contributed by atoms with Crippen LogP contribution in [0.25, 0.3) is 11.0 Å². The maximum absolute atomic E-state index is 12.8. The lowest BCUT2D eigenvalue weighted by Gasteiger charge is -2.26. The molecule has 1 saturated carbocycles. The SMILES string of the molecule is CCOc1ccc(Cc2nc3cc(C(=O)N(CC)CC)ccc3n2CC2CCC2)cc1. The van der Waals surface area contributed by atoms with Crippen LogP contribution >= 0.6 is 0 Å². The molecule has 0 bridgehead atoms. The molecule has 1 aromatic heterocycles. The summed E-state index contributed by atoms with van der Waals surface area (Å²) in [5.41, 5.74) is 3.98. The van der Waals surface area contributed by atoms with Crippen LogP contribution in [0.3, 0.4) is 0 Å². The van der Waals surface area contributed by atoms with Crippen molar-refractivity contribution in [3.05, 3.63) is 59.4 Å². The number of nitrogens with zero attached hydrogens (tertiary/aromatic N) is 3. The molecule has 1 heterocycles. The summed E-state index contributed by atoms with van der Waals surface area (Å²) in [5, 5.41) is 0. The number of hydrogen-bond acceptors (Lipinski definition) is 3. The Labute approximate surface area is 185 Å². The minimum absolute atomic E-state index is 0.0773. The molecular weight excluding hydrogens is 386 g/mol. The zero-order chi connectivity index (χ0) is 21.8. The van der Waals surface area contributed by atoms with Gasteiger partial charge in [0, 0.05) is 31.6 Å². The van der Waals surface area contributed by atoms with E-state index in [9.17, 15) is 4.79 Å². The Bertz CT molecular complexity index is 1030. The summed E-state index contributed by atoms with van der Waals surface area (Å²) in [4.78, 5) is 19.7. The Kier molecular flexibility index (Phi) is 6.59. The molecule has 0 atom stereocenters. The van der Waals surface area contributed by atoms with Crippen molar-refractivity contribution < 1.29 is 9.53 Å². The van der Waals surface area contributed by atoms with Gasteiger partial charge in [-0.1, -0.05) is 18.6 Å². The highest BCUT2D eigenvalue weighted by atomic mass is 16.5. The first-order valence-electron chi connectivity index (χ1n) is 11.6. The van der Waals surface area contributed by atoms with Gasteiger partial charge in [-0.05, 0) is 75.4 Å². The van der Waals surface area contributed by atoms with E-state index < -0.39 is 0 Å². The molecule has 0 unspecified atom stereocenters. The molecule has 0 radical (unpaired) electrons. The predicted molar refractivity (Wildman–Crippen MR) is 125 cm³/mol. The molecule has 1 aliphatic carbocycles. The number of imidazole rings is 1. The molecule has 164 valence electrons. The lowest BCUT2D eigenvalue weighted by molar-refractivity contribution is 0.0773. The van der Waals surface area contributed by atoms with Crippen molar-refractivity contribution in [3.63, 3.8) is 0 Å². The van der Waals surface area contributed by atoms with Crippen molar-refractivity contribution in [2.24, 2.45) is 5.92 Å². The first-order valence-corrected chi connectivity index (χ1v) is 11.6. The average Bonchev–Trinajstić information content (AvgIpc) is 3.09. The van der Waals surface area contributed by atoms with Crippen molar-refractivity contribution in [3.8, 4) is 5.75 Å². The number of carbonyl (C=O) groups is 1. The summed E-state index contributed by atoms with van der Waals surface area (Å²) < 4.78 is 7.95. The molecule has 2 aromatic carbocycles. The molecule has 5 nitrogen and oxygen atoms in total. The van der Waals surface area contributed by atoms with Gasteiger partial charge in [-0.25, -0.2) is 4.98 Å². The van der Waals surface area contributed by atoms with Crippen molar-refractivity contribution in [1.82, 2.24) is 14.5 Å². The summed E-state index contributed by atoms with van der Waals surface area (Å²) in [6.07, 6.45) is 4.68. The van der Waals surface area contributed by atoms with Crippen molar-refractivity contribution in [1.29, 1.82) is 0 Å². The van der Waals surface area contributed by atoms with Gasteiger partial charge in [0.1, 0.15) is 11.6 Å². The minimum atomic E-state index is 0.0773. The number of amides is 1. The Morgan fingerprint density at radius 3 is 2.45 bits per heavy atom. The number of fused-ring (bicyclic) bond motifs is 1. The smallest absolute Gasteiger partial charge is 0.253 e. The lowest BCUT2D eigenvalue weighted by atomic mass is 9.85. The number of benzene rings is 2. The highest BCUT2D eigenvalue weighted by Crippen LogP contribution is 2.31. The monoisotopic (exact) mass is 419 g/mol. The highest BCUT2D eigenvalue weighted by molar-refractivity contribution is 5.97. The Morgan fingerprint density at radius 2 is 1.84 bits per heavy atom. The molecule has 0 N–H and O–H groups in total. The highest BCUT2D eigenvalue weighted by Gasteiger charge is 2.22. The molecule has 1 fully saturated rings. The van der Waals surface area contributed by atoms with E-state index in [-0.39, 0.29) is 5.91 Å². The van der Waals surface area contributed by atoms with E-state index in [1.165, 1.54) is 24.8 Å². The Balaban J connectivity index is 1.66. The van der Waals surface area contributed by atoms with E-state index in [4.69, 9.17) is 9.72 Å². The Morgan fingerprint density at radius 1 is 1.10 bits per heavy atom. The van der Waals surface area contributed by atoms with E-state index >= 15 is 0 Å². The standard InChI is InChI=1S/C26H33N3O2/c1-4-28(5-2)26(30)21-12-15-24-23(17-21)27-25(29(24)18-20-8-7-9-20)16-19-10-13-22(14-11-19)31-6-3/h10-15,17,20H,4-9,16,18H2,1-3H3. The zero-order valence-electron chi connectivity index (χ0n) is 18.9.